The largest absolute Gasteiger partial charge is 0.507 e. The van der Waals surface area contributed by atoms with Gasteiger partial charge in [0.15, 0.2) is 0 Å². The molecule has 0 fully saturated rings. The number of alkyl halides is 1. The number of aryl methyl sites for hydroxylation is 1. The van der Waals surface area contributed by atoms with Crippen molar-refractivity contribution in [3.63, 3.8) is 0 Å². The summed E-state index contributed by atoms with van der Waals surface area (Å²) in [5.74, 6) is -0.200. The predicted molar refractivity (Wildman–Crippen MR) is 68.2 cm³/mol. The van der Waals surface area contributed by atoms with E-state index in [2.05, 4.69) is 21.2 Å². The van der Waals surface area contributed by atoms with E-state index in [1.807, 2.05) is 19.9 Å². The lowest BCUT2D eigenvalue weighted by Crippen LogP contribution is -2.32. The highest BCUT2D eigenvalue weighted by Gasteiger charge is 2.13. The van der Waals surface area contributed by atoms with E-state index in [0.717, 1.165) is 17.3 Å². The van der Waals surface area contributed by atoms with Crippen molar-refractivity contribution in [3.05, 3.63) is 29.3 Å². The average Bonchev–Trinajstić information content (AvgIpc) is 2.17. The van der Waals surface area contributed by atoms with E-state index in [0.29, 0.717) is 5.56 Å². The van der Waals surface area contributed by atoms with E-state index < -0.39 is 0 Å². The van der Waals surface area contributed by atoms with Crippen molar-refractivity contribution < 1.29 is 9.90 Å². The summed E-state index contributed by atoms with van der Waals surface area (Å²) in [5, 5.41) is 13.3. The number of carbonyl (C=O) groups is 1. The summed E-state index contributed by atoms with van der Waals surface area (Å²) in [6, 6.07) is 5.13. The van der Waals surface area contributed by atoms with Crippen molar-refractivity contribution in [3.8, 4) is 5.75 Å². The Morgan fingerprint density at radius 2 is 2.25 bits per heavy atom. The number of benzene rings is 1. The van der Waals surface area contributed by atoms with Crippen molar-refractivity contribution in [1.29, 1.82) is 0 Å². The molecule has 16 heavy (non-hydrogen) atoms. The Hall–Kier alpha value is -1.03. The summed E-state index contributed by atoms with van der Waals surface area (Å²) in [4.78, 5) is 11.8. The van der Waals surface area contributed by atoms with Gasteiger partial charge in [0.05, 0.1) is 5.56 Å². The second-order valence-electron chi connectivity index (χ2n) is 3.87. The van der Waals surface area contributed by atoms with Crippen LogP contribution in [0.2, 0.25) is 0 Å². The number of rotatable bonds is 4. The molecule has 4 heteroatoms. The minimum Gasteiger partial charge on any atom is -0.507 e. The van der Waals surface area contributed by atoms with Crippen molar-refractivity contribution in [2.24, 2.45) is 0 Å². The topological polar surface area (TPSA) is 49.3 Å². The van der Waals surface area contributed by atoms with Gasteiger partial charge in [-0.15, -0.1) is 0 Å². The lowest BCUT2D eigenvalue weighted by atomic mass is 10.1. The second-order valence-corrected chi connectivity index (χ2v) is 4.67. The first-order chi connectivity index (χ1) is 7.54. The molecule has 0 aliphatic carbocycles. The molecule has 3 nitrogen and oxygen atoms in total. The van der Waals surface area contributed by atoms with Crippen LogP contribution in [0.1, 0.15) is 29.3 Å². The molecule has 0 bridgehead atoms. The molecule has 1 aromatic rings. The molecule has 0 aliphatic rings. The molecule has 0 saturated carbocycles. The summed E-state index contributed by atoms with van der Waals surface area (Å²) in [5.41, 5.74) is 1.26. The van der Waals surface area contributed by atoms with Gasteiger partial charge >= 0.3 is 0 Å². The zero-order valence-electron chi connectivity index (χ0n) is 9.46. The van der Waals surface area contributed by atoms with E-state index in [1.54, 1.807) is 12.1 Å². The Balaban J connectivity index is 2.73. The van der Waals surface area contributed by atoms with Crippen LogP contribution in [-0.4, -0.2) is 22.4 Å². The molecular weight excluding hydrogens is 270 g/mol. The fourth-order valence-electron chi connectivity index (χ4n) is 1.37. The van der Waals surface area contributed by atoms with Crippen LogP contribution in [0.3, 0.4) is 0 Å². The lowest BCUT2D eigenvalue weighted by molar-refractivity contribution is 0.0937. The summed E-state index contributed by atoms with van der Waals surface area (Å²) >= 11 is 3.32. The van der Waals surface area contributed by atoms with Gasteiger partial charge in [-0.1, -0.05) is 22.0 Å². The third-order valence-corrected chi connectivity index (χ3v) is 2.78. The summed E-state index contributed by atoms with van der Waals surface area (Å²) in [6.07, 6.45) is 0.859. The first kappa shape index (κ1) is 13.0. The number of hydrogen-bond donors (Lipinski definition) is 2. The normalized spacial score (nSPS) is 12.2. The van der Waals surface area contributed by atoms with E-state index in [-0.39, 0.29) is 17.7 Å². The minimum atomic E-state index is -0.231. The van der Waals surface area contributed by atoms with Gasteiger partial charge in [0.2, 0.25) is 0 Å². The third kappa shape index (κ3) is 3.52. The summed E-state index contributed by atoms with van der Waals surface area (Å²) in [7, 11) is 0. The quantitative estimate of drug-likeness (QED) is 0.836. The van der Waals surface area contributed by atoms with E-state index in [4.69, 9.17) is 0 Å². The van der Waals surface area contributed by atoms with Crippen LogP contribution in [0.15, 0.2) is 18.2 Å². The SMILES string of the molecule is Cc1ccc(C(=O)NC(C)CCBr)c(O)c1. The van der Waals surface area contributed by atoms with Gasteiger partial charge in [-0.2, -0.15) is 0 Å². The molecule has 0 aromatic heterocycles. The van der Waals surface area contributed by atoms with Gasteiger partial charge in [-0.05, 0) is 38.0 Å². The van der Waals surface area contributed by atoms with Crippen LogP contribution < -0.4 is 5.32 Å². The Kier molecular flexibility index (Phi) is 4.80. The van der Waals surface area contributed by atoms with Crippen LogP contribution in [0, 0.1) is 6.92 Å². The number of amides is 1. The molecule has 1 amide bonds. The molecule has 2 N–H and O–H groups in total. The maximum Gasteiger partial charge on any atom is 0.255 e. The van der Waals surface area contributed by atoms with Gasteiger partial charge < -0.3 is 10.4 Å². The fraction of sp³-hybridized carbons (Fsp3) is 0.417. The maximum absolute atomic E-state index is 11.8. The molecule has 0 saturated heterocycles. The predicted octanol–water partition coefficient (Wildman–Crippen LogP) is 2.60. The summed E-state index contributed by atoms with van der Waals surface area (Å²) in [6.45, 7) is 3.80. The molecule has 0 heterocycles. The second kappa shape index (κ2) is 5.89. The smallest absolute Gasteiger partial charge is 0.255 e. The first-order valence-electron chi connectivity index (χ1n) is 5.21. The molecule has 0 radical (unpaired) electrons. The molecule has 88 valence electrons. The zero-order valence-corrected chi connectivity index (χ0v) is 11.0. The highest BCUT2D eigenvalue weighted by molar-refractivity contribution is 9.09. The van der Waals surface area contributed by atoms with E-state index in [9.17, 15) is 9.90 Å². The number of hydrogen-bond acceptors (Lipinski definition) is 2. The Bertz CT molecular complexity index is 379. The van der Waals surface area contributed by atoms with Crippen molar-refractivity contribution in [2.45, 2.75) is 26.3 Å². The Labute approximate surface area is 104 Å². The van der Waals surface area contributed by atoms with E-state index >= 15 is 0 Å². The van der Waals surface area contributed by atoms with Crippen LogP contribution in [0.5, 0.6) is 5.75 Å². The third-order valence-electron chi connectivity index (χ3n) is 2.32. The Morgan fingerprint density at radius 1 is 1.56 bits per heavy atom. The maximum atomic E-state index is 11.8. The highest BCUT2D eigenvalue weighted by Crippen LogP contribution is 2.18. The standard InChI is InChI=1S/C12H16BrNO2/c1-8-3-4-10(11(15)7-8)12(16)14-9(2)5-6-13/h3-4,7,9,15H,5-6H2,1-2H3,(H,14,16). The number of aromatic hydroxyl groups is 1. The first-order valence-corrected chi connectivity index (χ1v) is 6.33. The Morgan fingerprint density at radius 3 is 2.81 bits per heavy atom. The molecule has 1 rings (SSSR count). The van der Waals surface area contributed by atoms with Crippen LogP contribution in [0.25, 0.3) is 0 Å². The van der Waals surface area contributed by atoms with Gasteiger partial charge in [0.1, 0.15) is 5.75 Å². The van der Waals surface area contributed by atoms with Crippen molar-refractivity contribution in [2.75, 3.05) is 5.33 Å². The molecule has 1 unspecified atom stereocenters. The number of carbonyl (C=O) groups excluding carboxylic acids is 1. The molecule has 0 aliphatic heterocycles. The van der Waals surface area contributed by atoms with Crippen molar-refractivity contribution >= 4 is 21.8 Å². The molecule has 1 aromatic carbocycles. The van der Waals surface area contributed by atoms with Gasteiger partial charge in [-0.3, -0.25) is 4.79 Å². The fourth-order valence-corrected chi connectivity index (χ4v) is 2.06. The van der Waals surface area contributed by atoms with E-state index in [1.165, 1.54) is 0 Å². The monoisotopic (exact) mass is 285 g/mol. The van der Waals surface area contributed by atoms with Gasteiger partial charge in [-0.25, -0.2) is 0 Å². The molecule has 0 spiro atoms. The lowest BCUT2D eigenvalue weighted by Gasteiger charge is -2.13. The van der Waals surface area contributed by atoms with Crippen LogP contribution >= 0.6 is 15.9 Å². The zero-order chi connectivity index (χ0) is 12.1. The van der Waals surface area contributed by atoms with Crippen molar-refractivity contribution in [1.82, 2.24) is 5.32 Å². The average molecular weight is 286 g/mol. The molecule has 1 atom stereocenters. The minimum absolute atomic E-state index is 0.0311. The molecular formula is C12H16BrNO2. The van der Waals surface area contributed by atoms with Crippen LogP contribution in [0.4, 0.5) is 0 Å². The summed E-state index contributed by atoms with van der Waals surface area (Å²) < 4.78 is 0. The van der Waals surface area contributed by atoms with Gasteiger partial charge in [0.25, 0.3) is 5.91 Å². The van der Waals surface area contributed by atoms with Gasteiger partial charge in [0, 0.05) is 11.4 Å². The number of phenols is 1. The number of halogens is 1. The number of nitrogens with one attached hydrogen (secondary N) is 1. The highest BCUT2D eigenvalue weighted by atomic mass is 79.9. The number of phenolic OH excluding ortho intramolecular Hbond substituents is 1. The van der Waals surface area contributed by atoms with Crippen LogP contribution in [-0.2, 0) is 0 Å².